The molecule has 276 valence electrons. The maximum Gasteiger partial charge on any atom is 0.324 e. The number of aromatic nitrogens is 3. The zero-order valence-electron chi connectivity index (χ0n) is 30.8. The Balaban J connectivity index is 1.36. The van der Waals surface area contributed by atoms with E-state index in [0.29, 0.717) is 36.4 Å². The van der Waals surface area contributed by atoms with Gasteiger partial charge in [0.1, 0.15) is 12.1 Å². The molecule has 1 fully saturated rings. The summed E-state index contributed by atoms with van der Waals surface area (Å²) in [6.07, 6.45) is 3.51. The molecule has 11 nitrogen and oxygen atoms in total. The Kier molecular flexibility index (Phi) is 10.5. The van der Waals surface area contributed by atoms with Crippen LogP contribution in [-0.4, -0.2) is 69.7 Å². The Labute approximate surface area is 313 Å². The Bertz CT molecular complexity index is 2140. The van der Waals surface area contributed by atoms with Gasteiger partial charge in [0.25, 0.3) is 11.8 Å². The second kappa shape index (κ2) is 15.2. The summed E-state index contributed by atoms with van der Waals surface area (Å²) in [5, 5.41) is 8.22. The summed E-state index contributed by atoms with van der Waals surface area (Å²) in [5.41, 5.74) is 10.0. The van der Waals surface area contributed by atoms with Gasteiger partial charge in [-0.05, 0) is 75.1 Å². The molecule has 7 rings (SSSR count). The molecular weight excluding hydrogens is 689 g/mol. The molecule has 1 saturated heterocycles. The minimum Gasteiger partial charge on any atom is -0.464 e. The van der Waals surface area contributed by atoms with Crippen LogP contribution in [0.3, 0.4) is 0 Å². The van der Waals surface area contributed by atoms with E-state index in [1.807, 2.05) is 24.4 Å². The van der Waals surface area contributed by atoms with Crippen molar-refractivity contribution in [3.05, 3.63) is 94.1 Å². The molecule has 2 amide bonds. The summed E-state index contributed by atoms with van der Waals surface area (Å²) in [7, 11) is 1.69. The molecule has 12 heteroatoms. The lowest BCUT2D eigenvalue weighted by Gasteiger charge is -2.35. The lowest BCUT2D eigenvalue weighted by Crippen LogP contribution is -2.60. The van der Waals surface area contributed by atoms with Crippen LogP contribution in [0.2, 0.25) is 0 Å². The number of hydrazine groups is 1. The van der Waals surface area contributed by atoms with E-state index >= 15 is 0 Å². The summed E-state index contributed by atoms with van der Waals surface area (Å²) in [6.45, 7) is 9.67. The molecule has 0 unspecified atom stereocenters. The molecule has 0 aliphatic carbocycles. The van der Waals surface area contributed by atoms with Crippen molar-refractivity contribution in [3.63, 3.8) is 0 Å². The minimum atomic E-state index is -0.916. The second-order valence-corrected chi connectivity index (χ2v) is 15.5. The normalized spacial score (nSPS) is 19.8. The van der Waals surface area contributed by atoms with Crippen molar-refractivity contribution in [2.75, 3.05) is 20.3 Å². The van der Waals surface area contributed by atoms with Crippen molar-refractivity contribution >= 4 is 40.0 Å². The average molecular weight is 735 g/mol. The molecule has 0 radical (unpaired) electrons. The third kappa shape index (κ3) is 7.49. The first-order valence-electron chi connectivity index (χ1n) is 18.2. The first-order valence-corrected chi connectivity index (χ1v) is 19.1. The molecular formula is C41H46N6O5S. The lowest BCUT2D eigenvalue weighted by molar-refractivity contribution is -0.155. The van der Waals surface area contributed by atoms with Crippen molar-refractivity contribution in [1.82, 2.24) is 30.3 Å². The highest BCUT2D eigenvalue weighted by Crippen LogP contribution is 2.42. The molecule has 2 aliphatic rings. The number of aryl methyl sites for hydroxylation is 1. The number of carbonyl (C=O) groups is 3. The third-order valence-electron chi connectivity index (χ3n) is 10.2. The standard InChI is InChI=1S/C41H46N6O5S/c1-6-46-34-17-16-27-20-29(34)30(37(46)28-14-10-18-42-36(28)25(2)51-5)22-41(3,4)24-52-40(50)31-15-11-19-47(45-31)39(49)32(21-35-43-33(27)23-53-35)44-38(48)26-12-8-7-9-13-26/h7-10,12-14,16-18,20,23,25,31-32,45H,6,11,15,19,21-22,24H2,1-5H3,(H,44,48)/t25-,31-,32-/m0/s1. The smallest absolute Gasteiger partial charge is 0.324 e. The second-order valence-electron chi connectivity index (χ2n) is 14.6. The first kappa shape index (κ1) is 36.4. The molecule has 2 aromatic carbocycles. The van der Waals surface area contributed by atoms with Gasteiger partial charge >= 0.3 is 5.97 Å². The summed E-state index contributed by atoms with van der Waals surface area (Å²) in [5.74, 6) is -1.10. The summed E-state index contributed by atoms with van der Waals surface area (Å²) in [4.78, 5) is 50.9. The van der Waals surface area contributed by atoms with E-state index in [0.717, 1.165) is 51.2 Å². The van der Waals surface area contributed by atoms with Gasteiger partial charge in [0.05, 0.1) is 34.8 Å². The van der Waals surface area contributed by atoms with E-state index in [-0.39, 0.29) is 30.9 Å². The van der Waals surface area contributed by atoms with Crippen molar-refractivity contribution in [1.29, 1.82) is 0 Å². The number of rotatable bonds is 6. The van der Waals surface area contributed by atoms with Gasteiger partial charge in [0, 0.05) is 71.2 Å². The van der Waals surface area contributed by atoms with E-state index in [2.05, 4.69) is 60.3 Å². The number of esters is 1. The third-order valence-corrected chi connectivity index (χ3v) is 11.1. The van der Waals surface area contributed by atoms with E-state index in [9.17, 15) is 14.4 Å². The van der Waals surface area contributed by atoms with Crippen molar-refractivity contribution in [2.24, 2.45) is 5.41 Å². The largest absolute Gasteiger partial charge is 0.464 e. The van der Waals surface area contributed by atoms with Crippen LogP contribution >= 0.6 is 11.3 Å². The molecule has 3 aromatic heterocycles. The Morgan fingerprint density at radius 3 is 2.74 bits per heavy atom. The van der Waals surface area contributed by atoms with E-state index < -0.39 is 23.5 Å². The van der Waals surface area contributed by atoms with Gasteiger partial charge in [-0.15, -0.1) is 11.3 Å². The van der Waals surface area contributed by atoms with Crippen molar-refractivity contribution in [3.8, 4) is 22.5 Å². The minimum absolute atomic E-state index is 0.176. The Morgan fingerprint density at radius 1 is 1.15 bits per heavy atom. The molecule has 2 N–H and O–H groups in total. The molecule has 3 atom stereocenters. The van der Waals surface area contributed by atoms with Crippen LogP contribution in [0, 0.1) is 5.41 Å². The van der Waals surface area contributed by atoms with Crippen LogP contribution in [0.1, 0.15) is 73.3 Å². The average Bonchev–Trinajstić information content (AvgIpc) is 3.77. The Morgan fingerprint density at radius 2 is 1.96 bits per heavy atom. The first-order chi connectivity index (χ1) is 25.6. The SMILES string of the molecule is CCn1c(-c2cccnc2[C@H](C)OC)c2c3cc(ccc31)-c1csc(n1)C[C@H](NC(=O)c1ccccc1)C(=O)N1CCC[C@H](N1)C(=O)OCC(C)(C)C2. The van der Waals surface area contributed by atoms with Crippen molar-refractivity contribution < 1.29 is 23.9 Å². The van der Waals surface area contributed by atoms with Crippen LogP contribution in [-0.2, 0) is 38.4 Å². The summed E-state index contributed by atoms with van der Waals surface area (Å²) < 4.78 is 14.2. The van der Waals surface area contributed by atoms with Gasteiger partial charge in [-0.3, -0.25) is 24.4 Å². The topological polar surface area (TPSA) is 128 Å². The Hall–Kier alpha value is -4.91. The number of methoxy groups -OCH3 is 1. The quantitative estimate of drug-likeness (QED) is 0.189. The molecule has 53 heavy (non-hydrogen) atoms. The van der Waals surface area contributed by atoms with Crippen LogP contribution in [0.4, 0.5) is 0 Å². The molecule has 5 heterocycles. The lowest BCUT2D eigenvalue weighted by atomic mass is 9.84. The molecule has 5 aromatic rings. The van der Waals surface area contributed by atoms with Gasteiger partial charge in [0.15, 0.2) is 0 Å². The van der Waals surface area contributed by atoms with E-state index in [4.69, 9.17) is 19.4 Å². The highest BCUT2D eigenvalue weighted by atomic mass is 32.1. The zero-order chi connectivity index (χ0) is 37.3. The summed E-state index contributed by atoms with van der Waals surface area (Å²) >= 11 is 1.46. The number of hydrogen-bond donors (Lipinski definition) is 2. The van der Waals surface area contributed by atoms with E-state index in [1.54, 1.807) is 37.6 Å². The fraction of sp³-hybridized carbons (Fsp3) is 0.390. The zero-order valence-corrected chi connectivity index (χ0v) is 31.7. The molecule has 0 spiro atoms. The van der Waals surface area contributed by atoms with Gasteiger partial charge in [-0.25, -0.2) is 10.4 Å². The van der Waals surface area contributed by atoms with Crippen LogP contribution in [0.15, 0.2) is 72.2 Å². The highest BCUT2D eigenvalue weighted by Gasteiger charge is 2.35. The number of pyridine rings is 1. The number of benzene rings is 2. The maximum absolute atomic E-state index is 14.1. The molecule has 0 saturated carbocycles. The highest BCUT2D eigenvalue weighted by molar-refractivity contribution is 7.10. The molecule has 6 bridgehead atoms. The van der Waals surface area contributed by atoms with E-state index in [1.165, 1.54) is 16.3 Å². The number of cyclic esters (lactones) is 1. The van der Waals surface area contributed by atoms with Gasteiger partial charge in [-0.1, -0.05) is 38.1 Å². The van der Waals surface area contributed by atoms with Gasteiger partial charge in [0.2, 0.25) is 0 Å². The van der Waals surface area contributed by atoms with Gasteiger partial charge in [-0.2, -0.15) is 0 Å². The monoisotopic (exact) mass is 734 g/mol. The predicted octanol–water partition coefficient (Wildman–Crippen LogP) is 6.52. The van der Waals surface area contributed by atoms with Crippen LogP contribution in [0.5, 0.6) is 0 Å². The number of amides is 2. The fourth-order valence-electron chi connectivity index (χ4n) is 7.40. The number of nitrogens with one attached hydrogen (secondary N) is 2. The number of carbonyl (C=O) groups excluding carboxylic acids is 3. The maximum atomic E-state index is 14.1. The molecule has 2 aliphatic heterocycles. The predicted molar refractivity (Wildman–Crippen MR) is 205 cm³/mol. The number of ether oxygens (including phenoxy) is 2. The number of nitrogens with zero attached hydrogens (tertiary/aromatic N) is 4. The number of fused-ring (bicyclic) bond motifs is 6. The van der Waals surface area contributed by atoms with Crippen LogP contribution < -0.4 is 10.7 Å². The fourth-order valence-corrected chi connectivity index (χ4v) is 8.25. The van der Waals surface area contributed by atoms with Crippen LogP contribution in [0.25, 0.3) is 33.4 Å². The van der Waals surface area contributed by atoms with Crippen molar-refractivity contribution in [2.45, 2.75) is 78.1 Å². The summed E-state index contributed by atoms with van der Waals surface area (Å²) in [6, 6.07) is 17.7. The number of hydrogen-bond acceptors (Lipinski definition) is 9. The number of thiazole rings is 1. The van der Waals surface area contributed by atoms with Gasteiger partial charge < -0.3 is 19.4 Å².